The van der Waals surface area contributed by atoms with Gasteiger partial charge in [-0.15, -0.1) is 0 Å². The van der Waals surface area contributed by atoms with E-state index in [-0.39, 0.29) is 12.5 Å². The Morgan fingerprint density at radius 1 is 1.08 bits per heavy atom. The Bertz CT molecular complexity index is 1360. The summed E-state index contributed by atoms with van der Waals surface area (Å²) in [5.74, 6) is -2.26. The van der Waals surface area contributed by atoms with Crippen molar-refractivity contribution in [3.63, 3.8) is 0 Å². The molecule has 0 saturated carbocycles. The zero-order valence-corrected chi connectivity index (χ0v) is 17.9. The van der Waals surface area contributed by atoms with E-state index in [1.165, 1.54) is 12.1 Å². The predicted octanol–water partition coefficient (Wildman–Crippen LogP) is 3.31. The van der Waals surface area contributed by atoms with Crippen LogP contribution in [0, 0.1) is 5.82 Å². The van der Waals surface area contributed by atoms with Gasteiger partial charge in [-0.1, -0.05) is 12.1 Å². The number of carboxylic acid groups (broad SMARTS) is 1. The van der Waals surface area contributed by atoms with Gasteiger partial charge in [-0.3, -0.25) is 0 Å². The molecule has 0 amide bonds. The van der Waals surface area contributed by atoms with Crippen LogP contribution < -0.4 is 20.9 Å². The van der Waals surface area contributed by atoms with Gasteiger partial charge in [0.15, 0.2) is 11.5 Å². The molecule has 1 aromatic heterocycles. The lowest BCUT2D eigenvalue weighted by Crippen LogP contribution is -2.26. The summed E-state index contributed by atoms with van der Waals surface area (Å²) < 4.78 is 84.3. The number of hydrogen-bond acceptors (Lipinski definition) is 6. The molecule has 3 N–H and O–H groups in total. The molecule has 2 heterocycles. The van der Waals surface area contributed by atoms with Crippen molar-refractivity contribution in [1.29, 1.82) is 0 Å². The van der Waals surface area contributed by atoms with Gasteiger partial charge in [-0.25, -0.2) is 23.2 Å². The number of nitrogens with zero attached hydrogens (tertiary/aromatic N) is 3. The van der Waals surface area contributed by atoms with Crippen molar-refractivity contribution < 1.29 is 45.7 Å². The normalized spacial score (nSPS) is 12.1. The monoisotopic (exact) mass is 518 g/mol. The third kappa shape index (κ3) is 5.86. The van der Waals surface area contributed by atoms with Crippen LogP contribution in [0.4, 0.5) is 26.3 Å². The number of aromatic nitrogens is 3. The second-order valence-corrected chi connectivity index (χ2v) is 7.05. The summed E-state index contributed by atoms with van der Waals surface area (Å²) in [7, 11) is 0. The fourth-order valence-corrected chi connectivity index (χ4v) is 2.95. The van der Waals surface area contributed by atoms with Crippen LogP contribution in [0.15, 0.2) is 59.2 Å². The molecule has 0 unspecified atom stereocenters. The number of alkyl halides is 3. The number of hydrogen-bond donors (Lipinski definition) is 2. The summed E-state index contributed by atoms with van der Waals surface area (Å²) in [4.78, 5) is 21.3. The number of halogens is 6. The molecule has 2 aromatic carbocycles. The summed E-state index contributed by atoms with van der Waals surface area (Å²) in [5, 5.41) is 10.9. The quantitative estimate of drug-likeness (QED) is 0.497. The van der Waals surface area contributed by atoms with Crippen LogP contribution in [0.5, 0.6) is 11.5 Å². The third-order valence-electron chi connectivity index (χ3n) is 4.74. The molecule has 0 atom stereocenters. The molecule has 1 aliphatic rings. The van der Waals surface area contributed by atoms with Crippen molar-refractivity contribution in [1.82, 2.24) is 14.3 Å². The van der Waals surface area contributed by atoms with Crippen molar-refractivity contribution in [2.45, 2.75) is 12.7 Å². The molecule has 3 aromatic rings. The summed E-state index contributed by atoms with van der Waals surface area (Å²) in [6.45, 7) is -0.756. The minimum atomic E-state index is -5.08. The van der Waals surface area contributed by atoms with Crippen LogP contribution in [0.2, 0.25) is 0 Å². The first-order valence-electron chi connectivity index (χ1n) is 9.80. The molecular weight excluding hydrogens is 502 g/mol. The highest BCUT2D eigenvalue weighted by molar-refractivity contribution is 5.73. The Balaban J connectivity index is 0.000000454. The van der Waals surface area contributed by atoms with Gasteiger partial charge >= 0.3 is 17.8 Å². The number of carboxylic acids is 1. The lowest BCUT2D eigenvalue weighted by molar-refractivity contribution is -0.192. The number of ether oxygens (including phenoxy) is 2. The van der Waals surface area contributed by atoms with Crippen molar-refractivity contribution in [3.05, 3.63) is 70.7 Å². The van der Waals surface area contributed by atoms with Crippen LogP contribution in [0.3, 0.4) is 0 Å². The number of nitrogens with two attached hydrogens (primary N) is 1. The van der Waals surface area contributed by atoms with Crippen LogP contribution in [0.25, 0.3) is 16.8 Å². The average molecular weight is 518 g/mol. The van der Waals surface area contributed by atoms with Gasteiger partial charge in [-0.05, 0) is 35.4 Å². The number of carbonyl (C=O) groups is 1. The van der Waals surface area contributed by atoms with Gasteiger partial charge in [0.1, 0.15) is 12.1 Å². The minimum absolute atomic E-state index is 0.0512. The maximum atomic E-state index is 14.7. The van der Waals surface area contributed by atoms with Crippen LogP contribution in [-0.4, -0.2) is 44.9 Å². The summed E-state index contributed by atoms with van der Waals surface area (Å²) in [6.07, 6.45) is -5.97. The number of rotatable bonds is 5. The number of fused-ring (bicyclic) bond motifs is 1. The van der Waals surface area contributed by atoms with E-state index in [0.29, 0.717) is 22.6 Å². The summed E-state index contributed by atoms with van der Waals surface area (Å²) in [5.41, 5.74) is 5.30. The molecular formula is C21H16F6N4O5. The molecule has 0 radical (unpaired) electrons. The summed E-state index contributed by atoms with van der Waals surface area (Å²) in [6, 6.07) is 9.53. The Kier molecular flexibility index (Phi) is 7.72. The van der Waals surface area contributed by atoms with Crippen LogP contribution in [0.1, 0.15) is 0 Å². The van der Waals surface area contributed by atoms with Crippen molar-refractivity contribution in [2.24, 2.45) is 5.73 Å². The lowest BCUT2D eigenvalue weighted by Gasteiger charge is -2.07. The zero-order chi connectivity index (χ0) is 26.6. The second-order valence-electron chi connectivity index (χ2n) is 7.05. The van der Waals surface area contributed by atoms with Gasteiger partial charge in [-0.2, -0.15) is 27.1 Å². The Morgan fingerprint density at radius 2 is 1.69 bits per heavy atom. The first kappa shape index (κ1) is 26.3. The van der Waals surface area contributed by atoms with E-state index in [1.54, 1.807) is 24.3 Å². The first-order chi connectivity index (χ1) is 16.9. The SMILES string of the molecule is NCC(Cn1ncn(-c2ccc(-c3ccc4c(c3)OCO4)cc2F)c1=O)=C(F)F.O=C(O)C(F)(F)F. The van der Waals surface area contributed by atoms with Gasteiger partial charge in [0.05, 0.1) is 12.2 Å². The average Bonchev–Trinajstić information content (AvgIpc) is 3.43. The maximum Gasteiger partial charge on any atom is 0.490 e. The maximum absolute atomic E-state index is 14.7. The van der Waals surface area contributed by atoms with Gasteiger partial charge in [0, 0.05) is 12.1 Å². The Morgan fingerprint density at radius 3 is 2.28 bits per heavy atom. The highest BCUT2D eigenvalue weighted by Gasteiger charge is 2.38. The lowest BCUT2D eigenvalue weighted by atomic mass is 10.0. The molecule has 0 saturated heterocycles. The number of benzene rings is 2. The molecule has 9 nitrogen and oxygen atoms in total. The fraction of sp³-hybridized carbons (Fsp3) is 0.190. The van der Waals surface area contributed by atoms with E-state index in [1.807, 2.05) is 0 Å². The smallest absolute Gasteiger partial charge is 0.475 e. The standard InChI is InChI=1S/C19H15F3N4O3.C2HF3O2/c20-14-5-11(12-2-4-16-17(6-12)29-10-28-16)1-3-15(14)25-9-24-26(19(25)27)8-13(7-23)18(21)22;3-2(4,5)1(6)7/h1-6,9H,7-8,10,23H2;(H,6,7). The summed E-state index contributed by atoms with van der Waals surface area (Å²) >= 11 is 0. The zero-order valence-electron chi connectivity index (χ0n) is 17.9. The van der Waals surface area contributed by atoms with E-state index in [2.05, 4.69) is 5.10 Å². The predicted molar refractivity (Wildman–Crippen MR) is 111 cm³/mol. The van der Waals surface area contributed by atoms with E-state index in [4.69, 9.17) is 25.1 Å². The second kappa shape index (κ2) is 10.6. The Hall–Kier alpha value is -4.27. The van der Waals surface area contributed by atoms with Gasteiger partial charge in [0.2, 0.25) is 6.79 Å². The molecule has 0 bridgehead atoms. The van der Waals surface area contributed by atoms with E-state index in [0.717, 1.165) is 15.6 Å². The van der Waals surface area contributed by atoms with Crippen LogP contribution in [-0.2, 0) is 11.3 Å². The van der Waals surface area contributed by atoms with E-state index in [9.17, 15) is 31.1 Å². The molecule has 1 aliphatic heterocycles. The first-order valence-corrected chi connectivity index (χ1v) is 9.80. The van der Waals surface area contributed by atoms with Crippen molar-refractivity contribution in [3.8, 4) is 28.3 Å². The van der Waals surface area contributed by atoms with Gasteiger partial charge in [0.25, 0.3) is 6.08 Å². The molecule has 4 rings (SSSR count). The van der Waals surface area contributed by atoms with Crippen LogP contribution >= 0.6 is 0 Å². The molecule has 0 spiro atoms. The largest absolute Gasteiger partial charge is 0.490 e. The molecule has 15 heteroatoms. The highest BCUT2D eigenvalue weighted by Crippen LogP contribution is 2.36. The van der Waals surface area contributed by atoms with Crippen molar-refractivity contribution in [2.75, 3.05) is 13.3 Å². The highest BCUT2D eigenvalue weighted by atomic mass is 19.4. The fourth-order valence-electron chi connectivity index (χ4n) is 2.95. The van der Waals surface area contributed by atoms with E-state index >= 15 is 0 Å². The topological polar surface area (TPSA) is 122 Å². The minimum Gasteiger partial charge on any atom is -0.475 e. The molecule has 36 heavy (non-hydrogen) atoms. The van der Waals surface area contributed by atoms with Gasteiger partial charge < -0.3 is 20.3 Å². The number of aliphatic carboxylic acids is 1. The van der Waals surface area contributed by atoms with Crippen molar-refractivity contribution >= 4 is 5.97 Å². The molecule has 0 aliphatic carbocycles. The third-order valence-corrected chi connectivity index (χ3v) is 4.74. The Labute approximate surface area is 197 Å². The van der Waals surface area contributed by atoms with E-state index < -0.39 is 48.4 Å². The molecule has 192 valence electrons. The molecule has 0 fully saturated rings.